The van der Waals surface area contributed by atoms with E-state index in [1.54, 1.807) is 0 Å². The van der Waals surface area contributed by atoms with Crippen LogP contribution in [0.5, 0.6) is 0 Å². The third kappa shape index (κ3) is 3.47. The van der Waals surface area contributed by atoms with E-state index in [1.165, 1.54) is 39.5 Å². The second-order valence-electron chi connectivity index (χ2n) is 3.98. The number of anilines is 1. The first-order chi connectivity index (χ1) is 9.20. The maximum atomic E-state index is 11.6. The maximum absolute atomic E-state index is 11.6. The standard InChI is InChI=1S/C12H15NO6S/c1-13(20(4,16)17)10-6-8(11(14)18-2)5-9(7-10)12(15)19-3/h5-7H,1-4H3. The summed E-state index contributed by atoms with van der Waals surface area (Å²) in [6, 6.07) is 3.91. The van der Waals surface area contributed by atoms with Crippen LogP contribution in [0, 0.1) is 0 Å². The molecule has 7 nitrogen and oxygen atoms in total. The predicted octanol–water partition coefficient (Wildman–Crippen LogP) is 0.656. The van der Waals surface area contributed by atoms with Crippen molar-refractivity contribution in [3.05, 3.63) is 29.3 Å². The normalized spacial score (nSPS) is 10.8. The summed E-state index contributed by atoms with van der Waals surface area (Å²) in [5.41, 5.74) is 0.276. The van der Waals surface area contributed by atoms with Crippen molar-refractivity contribution in [3.8, 4) is 0 Å². The Bertz CT molecular complexity index is 603. The van der Waals surface area contributed by atoms with E-state index in [2.05, 4.69) is 9.47 Å². The van der Waals surface area contributed by atoms with Gasteiger partial charge in [-0.3, -0.25) is 4.31 Å². The molecule has 0 heterocycles. The zero-order valence-corrected chi connectivity index (χ0v) is 12.4. The Kier molecular flexibility index (Phi) is 4.72. The number of carbonyl (C=O) groups excluding carboxylic acids is 2. The van der Waals surface area contributed by atoms with Gasteiger partial charge in [-0.15, -0.1) is 0 Å². The molecule has 0 atom stereocenters. The molecule has 1 aromatic carbocycles. The van der Waals surface area contributed by atoms with Gasteiger partial charge in [0, 0.05) is 7.05 Å². The highest BCUT2D eigenvalue weighted by molar-refractivity contribution is 7.92. The van der Waals surface area contributed by atoms with E-state index in [9.17, 15) is 18.0 Å². The van der Waals surface area contributed by atoms with Crippen LogP contribution in [-0.4, -0.2) is 47.9 Å². The first-order valence-electron chi connectivity index (χ1n) is 5.46. The molecule has 0 saturated heterocycles. The van der Waals surface area contributed by atoms with Crippen LogP contribution in [0.25, 0.3) is 0 Å². The minimum absolute atomic E-state index is 0.0564. The largest absolute Gasteiger partial charge is 0.465 e. The molecule has 0 aromatic heterocycles. The zero-order chi connectivity index (χ0) is 15.5. The van der Waals surface area contributed by atoms with Crippen molar-refractivity contribution in [2.75, 3.05) is 31.8 Å². The molecule has 0 fully saturated rings. The van der Waals surface area contributed by atoms with E-state index in [4.69, 9.17) is 0 Å². The number of ether oxygens (including phenoxy) is 2. The van der Waals surface area contributed by atoms with Crippen molar-refractivity contribution in [2.45, 2.75) is 0 Å². The van der Waals surface area contributed by atoms with Crippen LogP contribution in [-0.2, 0) is 19.5 Å². The Morgan fingerprint density at radius 2 is 1.40 bits per heavy atom. The Morgan fingerprint density at radius 3 is 1.70 bits per heavy atom. The minimum atomic E-state index is -3.53. The van der Waals surface area contributed by atoms with E-state index in [0.717, 1.165) is 10.6 Å². The van der Waals surface area contributed by atoms with E-state index in [0.29, 0.717) is 0 Å². The van der Waals surface area contributed by atoms with Gasteiger partial charge in [-0.2, -0.15) is 0 Å². The summed E-state index contributed by atoms with van der Waals surface area (Å²) in [7, 11) is 0.162. The van der Waals surface area contributed by atoms with Gasteiger partial charge in [0.25, 0.3) is 0 Å². The number of hydrogen-bond donors (Lipinski definition) is 0. The fraction of sp³-hybridized carbons (Fsp3) is 0.333. The minimum Gasteiger partial charge on any atom is -0.465 e. The molecule has 0 amide bonds. The summed E-state index contributed by atoms with van der Waals surface area (Å²) in [4.78, 5) is 23.1. The van der Waals surface area contributed by atoms with Gasteiger partial charge in [0.2, 0.25) is 10.0 Å². The van der Waals surface area contributed by atoms with Gasteiger partial charge in [0.15, 0.2) is 0 Å². The average molecular weight is 301 g/mol. The summed E-state index contributed by atoms with van der Waals surface area (Å²) < 4.78 is 33.1. The summed E-state index contributed by atoms with van der Waals surface area (Å²) in [5, 5.41) is 0. The molecule has 0 bridgehead atoms. The molecular weight excluding hydrogens is 286 g/mol. The maximum Gasteiger partial charge on any atom is 0.337 e. The molecule has 8 heteroatoms. The lowest BCUT2D eigenvalue weighted by molar-refractivity contribution is 0.0599. The first-order valence-corrected chi connectivity index (χ1v) is 7.31. The monoisotopic (exact) mass is 301 g/mol. The summed E-state index contributed by atoms with van der Waals surface area (Å²) in [6.07, 6.45) is 1.01. The molecule has 0 aliphatic heterocycles. The molecule has 1 rings (SSSR count). The topological polar surface area (TPSA) is 90.0 Å². The number of hydrogen-bond acceptors (Lipinski definition) is 6. The first kappa shape index (κ1) is 16.0. The fourth-order valence-electron chi connectivity index (χ4n) is 1.46. The molecule has 0 unspecified atom stereocenters. The molecule has 0 N–H and O–H groups in total. The SMILES string of the molecule is COC(=O)c1cc(C(=O)OC)cc(N(C)S(C)(=O)=O)c1. The molecule has 0 spiro atoms. The highest BCUT2D eigenvalue weighted by atomic mass is 32.2. The van der Waals surface area contributed by atoms with Crippen LogP contribution >= 0.6 is 0 Å². The lowest BCUT2D eigenvalue weighted by Crippen LogP contribution is -2.25. The van der Waals surface area contributed by atoms with E-state index >= 15 is 0 Å². The quantitative estimate of drug-likeness (QED) is 0.759. The van der Waals surface area contributed by atoms with Gasteiger partial charge in [-0.1, -0.05) is 0 Å². The Morgan fingerprint density at radius 1 is 1.00 bits per heavy atom. The number of carbonyl (C=O) groups is 2. The number of sulfonamides is 1. The molecule has 110 valence electrons. The van der Waals surface area contributed by atoms with Crippen molar-refractivity contribution in [1.29, 1.82) is 0 Å². The number of methoxy groups -OCH3 is 2. The summed E-state index contributed by atoms with van der Waals surface area (Å²) in [5.74, 6) is -1.36. The molecular formula is C12H15NO6S. The second kappa shape index (κ2) is 5.91. The van der Waals surface area contributed by atoms with E-state index in [1.807, 2.05) is 0 Å². The van der Waals surface area contributed by atoms with Crippen LogP contribution in [0.15, 0.2) is 18.2 Å². The molecule has 0 aliphatic rings. The predicted molar refractivity (Wildman–Crippen MR) is 72.4 cm³/mol. The van der Waals surface area contributed by atoms with Gasteiger partial charge in [0.05, 0.1) is 37.3 Å². The second-order valence-corrected chi connectivity index (χ2v) is 6.00. The Balaban J connectivity index is 3.45. The lowest BCUT2D eigenvalue weighted by Gasteiger charge is -2.18. The molecule has 20 heavy (non-hydrogen) atoms. The van der Waals surface area contributed by atoms with Gasteiger partial charge < -0.3 is 9.47 Å². The molecule has 0 saturated carbocycles. The van der Waals surface area contributed by atoms with Crippen molar-refractivity contribution in [3.63, 3.8) is 0 Å². The lowest BCUT2D eigenvalue weighted by atomic mass is 10.1. The van der Waals surface area contributed by atoms with Crippen LogP contribution in [0.1, 0.15) is 20.7 Å². The van der Waals surface area contributed by atoms with Crippen molar-refractivity contribution < 1.29 is 27.5 Å². The van der Waals surface area contributed by atoms with Crippen LogP contribution in [0.2, 0.25) is 0 Å². The van der Waals surface area contributed by atoms with E-state index < -0.39 is 22.0 Å². The Labute approximate surface area is 117 Å². The van der Waals surface area contributed by atoms with Crippen molar-refractivity contribution in [1.82, 2.24) is 0 Å². The fourth-order valence-corrected chi connectivity index (χ4v) is 1.94. The highest BCUT2D eigenvalue weighted by Gasteiger charge is 2.18. The number of esters is 2. The number of nitrogens with zero attached hydrogens (tertiary/aromatic N) is 1. The number of benzene rings is 1. The Hall–Kier alpha value is -2.09. The summed E-state index contributed by atoms with van der Waals surface area (Å²) >= 11 is 0. The zero-order valence-electron chi connectivity index (χ0n) is 11.5. The van der Waals surface area contributed by atoms with Crippen LogP contribution in [0.3, 0.4) is 0 Å². The van der Waals surface area contributed by atoms with Crippen LogP contribution < -0.4 is 4.31 Å². The third-order valence-corrected chi connectivity index (χ3v) is 3.83. The van der Waals surface area contributed by atoms with Gasteiger partial charge in [-0.05, 0) is 18.2 Å². The van der Waals surface area contributed by atoms with Crippen molar-refractivity contribution >= 4 is 27.6 Å². The number of rotatable bonds is 4. The van der Waals surface area contributed by atoms with Crippen molar-refractivity contribution in [2.24, 2.45) is 0 Å². The molecule has 0 aliphatic carbocycles. The van der Waals surface area contributed by atoms with Gasteiger partial charge in [0.1, 0.15) is 0 Å². The smallest absolute Gasteiger partial charge is 0.337 e. The van der Waals surface area contributed by atoms with Gasteiger partial charge >= 0.3 is 11.9 Å². The third-order valence-electron chi connectivity index (χ3n) is 2.62. The summed E-state index contributed by atoms with van der Waals surface area (Å²) in [6.45, 7) is 0. The molecule has 1 aromatic rings. The average Bonchev–Trinajstić information content (AvgIpc) is 2.43. The van der Waals surface area contributed by atoms with E-state index in [-0.39, 0.29) is 16.8 Å². The molecule has 0 radical (unpaired) electrons. The van der Waals surface area contributed by atoms with Crippen LogP contribution in [0.4, 0.5) is 5.69 Å². The highest BCUT2D eigenvalue weighted by Crippen LogP contribution is 2.21. The van der Waals surface area contributed by atoms with Gasteiger partial charge in [-0.25, -0.2) is 18.0 Å².